The van der Waals surface area contributed by atoms with Crippen molar-refractivity contribution in [1.29, 1.82) is 0 Å². The van der Waals surface area contributed by atoms with Gasteiger partial charge in [-0.25, -0.2) is 0 Å². The topological polar surface area (TPSA) is 90.5 Å². The highest BCUT2D eigenvalue weighted by Crippen LogP contribution is 2.24. The van der Waals surface area contributed by atoms with Gasteiger partial charge in [0.15, 0.2) is 0 Å². The third-order valence-corrected chi connectivity index (χ3v) is 6.41. The van der Waals surface area contributed by atoms with Crippen LogP contribution in [0.4, 0.5) is 0 Å². The highest BCUT2D eigenvalue weighted by Gasteiger charge is 2.28. The molecule has 3 N–H and O–H groups in total. The number of halogens is 1. The van der Waals surface area contributed by atoms with Gasteiger partial charge in [-0.3, -0.25) is 4.79 Å². The Bertz CT molecular complexity index is 676. The molecule has 1 atom stereocenters. The molecule has 1 fully saturated rings. The fourth-order valence-corrected chi connectivity index (χ4v) is 4.38. The normalized spacial score (nSPS) is 20.4. The minimum atomic E-state index is -3.71. The van der Waals surface area contributed by atoms with E-state index in [0.717, 1.165) is 31.4 Å². The number of nitrogens with one attached hydrogen (secondary N) is 3. The molecule has 1 amide bonds. The highest BCUT2D eigenvalue weighted by molar-refractivity contribution is 7.87. The molecule has 1 saturated heterocycles. The molecule has 7 nitrogen and oxygen atoms in total. The smallest absolute Gasteiger partial charge is 0.281 e. The first-order valence-electron chi connectivity index (χ1n) is 8.76. The molecule has 0 unspecified atom stereocenters. The number of nitrogens with zero attached hydrogens (tertiary/aromatic N) is 1. The van der Waals surface area contributed by atoms with Crippen LogP contribution in [0.5, 0.6) is 0 Å². The van der Waals surface area contributed by atoms with Crippen LogP contribution in [0.2, 0.25) is 5.02 Å². The van der Waals surface area contributed by atoms with Gasteiger partial charge >= 0.3 is 0 Å². The van der Waals surface area contributed by atoms with Gasteiger partial charge < -0.3 is 10.6 Å². The molecule has 0 saturated carbocycles. The minimum Gasteiger partial charge on any atom is -0.345 e. The molecule has 2 rings (SSSR count). The molecule has 1 heterocycles. The van der Waals surface area contributed by atoms with Crippen LogP contribution in [0.3, 0.4) is 0 Å². The van der Waals surface area contributed by atoms with Crippen molar-refractivity contribution in [3.8, 4) is 0 Å². The first-order chi connectivity index (χ1) is 12.3. The van der Waals surface area contributed by atoms with E-state index in [4.69, 9.17) is 11.6 Å². The van der Waals surface area contributed by atoms with E-state index in [1.807, 2.05) is 0 Å². The predicted octanol–water partition coefficient (Wildman–Crippen LogP) is 1.60. The van der Waals surface area contributed by atoms with Crippen LogP contribution in [0.15, 0.2) is 24.3 Å². The van der Waals surface area contributed by atoms with E-state index in [2.05, 4.69) is 22.3 Å². The van der Waals surface area contributed by atoms with Crippen LogP contribution < -0.4 is 15.4 Å². The molecule has 1 aliphatic rings. The number of benzene rings is 1. The van der Waals surface area contributed by atoms with Crippen molar-refractivity contribution in [1.82, 2.24) is 19.7 Å². The molecule has 0 bridgehead atoms. The molecule has 9 heteroatoms. The summed E-state index contributed by atoms with van der Waals surface area (Å²) in [5.41, 5.74) is 0.883. The van der Waals surface area contributed by atoms with Gasteiger partial charge in [0, 0.05) is 23.7 Å². The fourth-order valence-electron chi connectivity index (χ4n) is 3.11. The average molecular weight is 403 g/mol. The fraction of sp³-hybridized carbons (Fsp3) is 0.588. The first kappa shape index (κ1) is 21.1. The molecular formula is C17H27ClN4O3S. The van der Waals surface area contributed by atoms with Crippen LogP contribution >= 0.6 is 11.6 Å². The zero-order valence-electron chi connectivity index (χ0n) is 15.0. The Hall–Kier alpha value is -1.19. The van der Waals surface area contributed by atoms with E-state index in [1.165, 1.54) is 4.31 Å². The summed E-state index contributed by atoms with van der Waals surface area (Å²) in [6, 6.07) is 6.97. The molecular weight excluding hydrogens is 376 g/mol. The zero-order valence-corrected chi connectivity index (χ0v) is 16.6. The van der Waals surface area contributed by atoms with Crippen LogP contribution in [-0.4, -0.2) is 44.4 Å². The minimum absolute atomic E-state index is 0.0520. The largest absolute Gasteiger partial charge is 0.345 e. The summed E-state index contributed by atoms with van der Waals surface area (Å²) >= 11 is 5.84. The molecule has 0 aliphatic carbocycles. The second-order valence-corrected chi connectivity index (χ2v) is 8.99. The SMILES string of the molecule is C[C@@]1(CCCN(CNC=O)S(=O)(=O)NCc2ccc(Cl)cc2)CCCN1. The number of amides is 1. The Labute approximate surface area is 160 Å². The summed E-state index contributed by atoms with van der Waals surface area (Å²) in [5.74, 6) is 0. The lowest BCUT2D eigenvalue weighted by Gasteiger charge is -2.27. The number of hydrogen-bond donors (Lipinski definition) is 3. The molecule has 0 aromatic heterocycles. The van der Waals surface area contributed by atoms with E-state index >= 15 is 0 Å². The van der Waals surface area contributed by atoms with Gasteiger partial charge in [0.25, 0.3) is 10.2 Å². The third-order valence-electron chi connectivity index (χ3n) is 4.66. The summed E-state index contributed by atoms with van der Waals surface area (Å²) in [5, 5.41) is 6.51. The van der Waals surface area contributed by atoms with E-state index in [1.54, 1.807) is 24.3 Å². The Morgan fingerprint density at radius 2 is 2.08 bits per heavy atom. The Morgan fingerprint density at radius 3 is 2.69 bits per heavy atom. The monoisotopic (exact) mass is 402 g/mol. The van der Waals surface area contributed by atoms with Gasteiger partial charge in [0.1, 0.15) is 0 Å². The Morgan fingerprint density at radius 1 is 1.35 bits per heavy atom. The number of carbonyl (C=O) groups excluding carboxylic acids is 1. The maximum atomic E-state index is 12.6. The number of hydrogen-bond acceptors (Lipinski definition) is 4. The van der Waals surface area contributed by atoms with Crippen LogP contribution in [0.1, 0.15) is 38.2 Å². The van der Waals surface area contributed by atoms with Crippen molar-refractivity contribution in [2.24, 2.45) is 0 Å². The average Bonchev–Trinajstić information content (AvgIpc) is 3.04. The summed E-state index contributed by atoms with van der Waals surface area (Å²) < 4.78 is 29.0. The standard InChI is InChI=1S/C17H27ClN4O3S/c1-17(8-2-10-20-17)9-3-11-22(13-19-14-23)26(24,25)21-12-15-4-6-16(18)7-5-15/h4-7,14,20-21H,2-3,8-13H2,1H3,(H,19,23)/t17-/m0/s1. The predicted molar refractivity (Wildman–Crippen MR) is 103 cm³/mol. The molecule has 0 spiro atoms. The number of rotatable bonds is 11. The van der Waals surface area contributed by atoms with E-state index in [0.29, 0.717) is 24.4 Å². The first-order valence-corrected chi connectivity index (χ1v) is 10.6. The van der Waals surface area contributed by atoms with Crippen LogP contribution in [0, 0.1) is 0 Å². The quantitative estimate of drug-likeness (QED) is 0.387. The highest BCUT2D eigenvalue weighted by atomic mass is 35.5. The van der Waals surface area contributed by atoms with Crippen molar-refractivity contribution in [2.75, 3.05) is 19.8 Å². The molecule has 1 aromatic carbocycles. The molecule has 146 valence electrons. The van der Waals surface area contributed by atoms with E-state index in [-0.39, 0.29) is 18.8 Å². The second-order valence-electron chi connectivity index (χ2n) is 6.80. The van der Waals surface area contributed by atoms with Crippen molar-refractivity contribution in [3.05, 3.63) is 34.9 Å². The summed E-state index contributed by atoms with van der Waals surface area (Å²) in [6.07, 6.45) is 4.35. The Kier molecular flexibility index (Phi) is 7.85. The molecule has 26 heavy (non-hydrogen) atoms. The van der Waals surface area contributed by atoms with Gasteiger partial charge in [-0.15, -0.1) is 0 Å². The van der Waals surface area contributed by atoms with Gasteiger partial charge in [-0.2, -0.15) is 17.4 Å². The summed E-state index contributed by atoms with van der Waals surface area (Å²) in [6.45, 7) is 3.63. The maximum absolute atomic E-state index is 12.6. The van der Waals surface area contributed by atoms with Gasteiger partial charge in [-0.1, -0.05) is 23.7 Å². The lowest BCUT2D eigenvalue weighted by molar-refractivity contribution is -0.109. The van der Waals surface area contributed by atoms with Crippen molar-refractivity contribution in [3.63, 3.8) is 0 Å². The van der Waals surface area contributed by atoms with Crippen LogP contribution in [0.25, 0.3) is 0 Å². The third kappa shape index (κ3) is 6.51. The van der Waals surface area contributed by atoms with E-state index in [9.17, 15) is 13.2 Å². The molecule has 1 aromatic rings. The maximum Gasteiger partial charge on any atom is 0.281 e. The van der Waals surface area contributed by atoms with Gasteiger partial charge in [0.2, 0.25) is 6.41 Å². The van der Waals surface area contributed by atoms with Crippen molar-refractivity contribution in [2.45, 2.75) is 44.7 Å². The second kappa shape index (κ2) is 9.66. The lowest BCUT2D eigenvalue weighted by atomic mass is 9.94. The number of carbonyl (C=O) groups is 1. The van der Waals surface area contributed by atoms with Crippen LogP contribution in [-0.2, 0) is 21.5 Å². The summed E-state index contributed by atoms with van der Waals surface area (Å²) in [7, 11) is -3.71. The Balaban J connectivity index is 1.91. The lowest BCUT2D eigenvalue weighted by Crippen LogP contribution is -2.46. The van der Waals surface area contributed by atoms with Crippen molar-refractivity contribution < 1.29 is 13.2 Å². The molecule has 1 aliphatic heterocycles. The van der Waals surface area contributed by atoms with Crippen molar-refractivity contribution >= 4 is 28.2 Å². The van der Waals surface area contributed by atoms with Gasteiger partial charge in [0.05, 0.1) is 6.67 Å². The van der Waals surface area contributed by atoms with E-state index < -0.39 is 10.2 Å². The summed E-state index contributed by atoms with van der Waals surface area (Å²) in [4.78, 5) is 10.6. The van der Waals surface area contributed by atoms with Gasteiger partial charge in [-0.05, 0) is 56.8 Å². The molecule has 0 radical (unpaired) electrons. The zero-order chi connectivity index (χ0) is 19.0.